The molecule has 0 unspecified atom stereocenters. The number of nitrogen functional groups attached to an aromatic ring is 1. The molecule has 0 saturated heterocycles. The molecule has 0 aliphatic carbocycles. The van der Waals surface area contributed by atoms with E-state index in [1.807, 2.05) is 36.4 Å². The summed E-state index contributed by atoms with van der Waals surface area (Å²) < 4.78 is 5.13. The van der Waals surface area contributed by atoms with Crippen molar-refractivity contribution in [2.75, 3.05) is 5.73 Å². The molecule has 3 aromatic rings. The van der Waals surface area contributed by atoms with E-state index in [4.69, 9.17) is 10.5 Å². The molecule has 1 heterocycles. The summed E-state index contributed by atoms with van der Waals surface area (Å²) in [6.45, 7) is 3.45. The second-order valence-corrected chi connectivity index (χ2v) is 8.19. The van der Waals surface area contributed by atoms with Crippen LogP contribution in [0, 0.1) is 0 Å². The molecule has 8 nitrogen and oxygen atoms in total. The predicted octanol–water partition coefficient (Wildman–Crippen LogP) is 4.46. The predicted molar refractivity (Wildman–Crippen MR) is 137 cm³/mol. The Morgan fingerprint density at radius 2 is 1.53 bits per heavy atom. The number of pyridine rings is 1. The van der Waals surface area contributed by atoms with Crippen LogP contribution in [0.3, 0.4) is 0 Å². The van der Waals surface area contributed by atoms with Gasteiger partial charge in [-0.3, -0.25) is 9.78 Å². The molecule has 0 aliphatic heterocycles. The van der Waals surface area contributed by atoms with Gasteiger partial charge in [0.1, 0.15) is 18.2 Å². The van der Waals surface area contributed by atoms with Gasteiger partial charge in [0.2, 0.25) is 0 Å². The van der Waals surface area contributed by atoms with Crippen LogP contribution in [0.25, 0.3) is 0 Å². The van der Waals surface area contributed by atoms with Crippen LogP contribution in [0.1, 0.15) is 53.7 Å². The van der Waals surface area contributed by atoms with Crippen molar-refractivity contribution in [1.29, 1.82) is 0 Å². The molecule has 3 rings (SSSR count). The molecule has 188 valence electrons. The lowest BCUT2D eigenvalue weighted by atomic mass is 10.0. The maximum absolute atomic E-state index is 12.4. The summed E-state index contributed by atoms with van der Waals surface area (Å²) in [5, 5.41) is 2.68. The second-order valence-electron chi connectivity index (χ2n) is 8.19. The standard InChI is InChI=1S/C22H21N3O3.C6H10O2/c23-20-6-2-1-5-19(20)12-21(26)18-9-7-16(8-10-18)14-25-22(27)28-15-17-4-3-11-24-13-17;1-5(7)3-4-6(2)8/h1-11,13H,12,14-15,23H2,(H,25,27);3-4H2,1-2H3. The third kappa shape index (κ3) is 10.7. The number of carbonyl (C=O) groups excluding carboxylic acids is 4. The number of rotatable bonds is 10. The normalized spacial score (nSPS) is 9.94. The van der Waals surface area contributed by atoms with Crippen molar-refractivity contribution < 1.29 is 23.9 Å². The largest absolute Gasteiger partial charge is 0.445 e. The zero-order chi connectivity index (χ0) is 26.3. The Morgan fingerprint density at radius 3 is 2.11 bits per heavy atom. The fourth-order valence-electron chi connectivity index (χ4n) is 2.99. The number of hydrogen-bond donors (Lipinski definition) is 2. The Hall–Kier alpha value is -4.33. The van der Waals surface area contributed by atoms with Gasteiger partial charge in [0.25, 0.3) is 0 Å². The highest BCUT2D eigenvalue weighted by Gasteiger charge is 2.09. The molecule has 8 heteroatoms. The number of amides is 1. The maximum Gasteiger partial charge on any atom is 0.407 e. The van der Waals surface area contributed by atoms with Gasteiger partial charge in [-0.25, -0.2) is 4.79 Å². The van der Waals surface area contributed by atoms with Gasteiger partial charge >= 0.3 is 6.09 Å². The van der Waals surface area contributed by atoms with E-state index in [1.165, 1.54) is 13.8 Å². The SMILES string of the molecule is CC(=O)CCC(C)=O.Nc1ccccc1CC(=O)c1ccc(CNC(=O)OCc2cccnc2)cc1. The summed E-state index contributed by atoms with van der Waals surface area (Å²) in [5.74, 6) is 0.161. The molecule has 2 aromatic carbocycles. The number of ketones is 3. The number of Topliss-reactive ketones (excluding diaryl/α,β-unsaturated/α-hetero) is 3. The van der Waals surface area contributed by atoms with Crippen molar-refractivity contribution in [3.05, 3.63) is 95.3 Å². The highest BCUT2D eigenvalue weighted by molar-refractivity contribution is 5.98. The summed E-state index contributed by atoms with van der Waals surface area (Å²) in [5.41, 5.74) is 9.61. The second kappa shape index (κ2) is 14.8. The number of ether oxygens (including phenoxy) is 1. The minimum atomic E-state index is -0.511. The minimum Gasteiger partial charge on any atom is -0.445 e. The summed E-state index contributed by atoms with van der Waals surface area (Å²) in [6.07, 6.45) is 3.85. The fourth-order valence-corrected chi connectivity index (χ4v) is 2.99. The van der Waals surface area contributed by atoms with Crippen molar-refractivity contribution in [2.45, 2.75) is 46.3 Å². The monoisotopic (exact) mass is 489 g/mol. The number of hydrogen-bond acceptors (Lipinski definition) is 7. The molecular weight excluding hydrogens is 458 g/mol. The van der Waals surface area contributed by atoms with Gasteiger partial charge in [0, 0.05) is 55.0 Å². The molecule has 0 spiro atoms. The lowest BCUT2D eigenvalue weighted by Crippen LogP contribution is -2.23. The lowest BCUT2D eigenvalue weighted by molar-refractivity contribution is -0.122. The number of alkyl carbamates (subject to hydrolysis) is 1. The Bertz CT molecular complexity index is 1150. The first-order chi connectivity index (χ1) is 17.2. The van der Waals surface area contributed by atoms with Crippen molar-refractivity contribution in [3.63, 3.8) is 0 Å². The van der Waals surface area contributed by atoms with Crippen LogP contribution in [0.5, 0.6) is 0 Å². The van der Waals surface area contributed by atoms with Crippen molar-refractivity contribution in [3.8, 4) is 0 Å². The quantitative estimate of drug-likeness (QED) is 0.318. The first kappa shape index (κ1) is 27.9. The van der Waals surface area contributed by atoms with Crippen LogP contribution < -0.4 is 11.1 Å². The number of aromatic nitrogens is 1. The number of carbonyl (C=O) groups is 4. The minimum absolute atomic E-state index is 0.00621. The van der Waals surface area contributed by atoms with Crippen molar-refractivity contribution >= 4 is 29.1 Å². The zero-order valence-electron chi connectivity index (χ0n) is 20.5. The third-order valence-corrected chi connectivity index (χ3v) is 5.04. The Morgan fingerprint density at radius 1 is 0.861 bits per heavy atom. The topological polar surface area (TPSA) is 128 Å². The van der Waals surface area contributed by atoms with Gasteiger partial charge in [-0.05, 0) is 37.1 Å². The number of benzene rings is 2. The summed E-state index contributed by atoms with van der Waals surface area (Å²) >= 11 is 0. The molecule has 1 aromatic heterocycles. The summed E-state index contributed by atoms with van der Waals surface area (Å²) in [4.78, 5) is 48.5. The molecule has 0 radical (unpaired) electrons. The highest BCUT2D eigenvalue weighted by Crippen LogP contribution is 2.15. The first-order valence-corrected chi connectivity index (χ1v) is 11.5. The van der Waals surface area contributed by atoms with E-state index in [2.05, 4.69) is 10.3 Å². The smallest absolute Gasteiger partial charge is 0.407 e. The average molecular weight is 490 g/mol. The summed E-state index contributed by atoms with van der Waals surface area (Å²) in [7, 11) is 0. The van der Waals surface area contributed by atoms with Gasteiger partial charge in [-0.1, -0.05) is 48.5 Å². The van der Waals surface area contributed by atoms with Crippen LogP contribution in [0.2, 0.25) is 0 Å². The van der Waals surface area contributed by atoms with E-state index in [0.29, 0.717) is 30.6 Å². The van der Waals surface area contributed by atoms with Crippen molar-refractivity contribution in [2.24, 2.45) is 0 Å². The van der Waals surface area contributed by atoms with E-state index in [1.54, 1.807) is 36.7 Å². The molecule has 0 aliphatic rings. The zero-order valence-corrected chi connectivity index (χ0v) is 20.5. The number of nitrogens with one attached hydrogen (secondary N) is 1. The average Bonchev–Trinajstić information content (AvgIpc) is 2.87. The van der Waals surface area contributed by atoms with Gasteiger partial charge in [-0.2, -0.15) is 0 Å². The number of para-hydroxylation sites is 1. The number of nitrogens with two attached hydrogens (primary N) is 1. The van der Waals surface area contributed by atoms with Crippen LogP contribution in [0.15, 0.2) is 73.1 Å². The van der Waals surface area contributed by atoms with E-state index >= 15 is 0 Å². The highest BCUT2D eigenvalue weighted by atomic mass is 16.5. The van der Waals surface area contributed by atoms with E-state index in [-0.39, 0.29) is 30.4 Å². The fraction of sp³-hybridized carbons (Fsp3) is 0.250. The van der Waals surface area contributed by atoms with Crippen LogP contribution >= 0.6 is 0 Å². The van der Waals surface area contributed by atoms with Crippen molar-refractivity contribution in [1.82, 2.24) is 10.3 Å². The van der Waals surface area contributed by atoms with Crippen LogP contribution in [0.4, 0.5) is 10.5 Å². The molecular formula is C28H31N3O5. The molecule has 0 saturated carbocycles. The molecule has 0 bridgehead atoms. The van der Waals surface area contributed by atoms with E-state index in [0.717, 1.165) is 16.7 Å². The Labute approximate surface area is 210 Å². The Kier molecular flexibility index (Phi) is 11.5. The molecule has 1 amide bonds. The first-order valence-electron chi connectivity index (χ1n) is 11.5. The van der Waals surface area contributed by atoms with Crippen LogP contribution in [-0.2, 0) is 33.9 Å². The molecule has 0 fully saturated rings. The van der Waals surface area contributed by atoms with E-state index < -0.39 is 6.09 Å². The molecule has 3 N–H and O–H groups in total. The number of nitrogens with zero attached hydrogens (tertiary/aromatic N) is 1. The molecule has 36 heavy (non-hydrogen) atoms. The van der Waals surface area contributed by atoms with Gasteiger partial charge in [0.15, 0.2) is 5.78 Å². The van der Waals surface area contributed by atoms with E-state index in [9.17, 15) is 19.2 Å². The lowest BCUT2D eigenvalue weighted by Gasteiger charge is -2.08. The maximum atomic E-state index is 12.4. The number of anilines is 1. The van der Waals surface area contributed by atoms with Gasteiger partial charge in [-0.15, -0.1) is 0 Å². The third-order valence-electron chi connectivity index (χ3n) is 5.04. The molecule has 0 atom stereocenters. The summed E-state index contributed by atoms with van der Waals surface area (Å²) in [6, 6.07) is 18.1. The van der Waals surface area contributed by atoms with Crippen LogP contribution in [-0.4, -0.2) is 28.4 Å². The Balaban J connectivity index is 0.000000493. The van der Waals surface area contributed by atoms with Gasteiger partial charge in [0.05, 0.1) is 0 Å². The van der Waals surface area contributed by atoms with Gasteiger partial charge < -0.3 is 25.4 Å².